The molecule has 1 aromatic heterocycles. The molecule has 0 spiro atoms. The lowest BCUT2D eigenvalue weighted by Crippen LogP contribution is -2.25. The second-order valence-corrected chi connectivity index (χ2v) is 5.44. The van der Waals surface area contributed by atoms with Gasteiger partial charge in [0.1, 0.15) is 5.01 Å². The van der Waals surface area contributed by atoms with Crippen LogP contribution in [0.1, 0.15) is 11.4 Å². The van der Waals surface area contributed by atoms with E-state index in [0.29, 0.717) is 0 Å². The summed E-state index contributed by atoms with van der Waals surface area (Å²) in [6.45, 7) is 4.27. The van der Waals surface area contributed by atoms with Crippen LogP contribution in [0.25, 0.3) is 0 Å². The van der Waals surface area contributed by atoms with E-state index in [1.54, 1.807) is 11.3 Å². The molecular weight excluding hydrogens is 202 g/mol. The summed E-state index contributed by atoms with van der Waals surface area (Å²) in [7, 11) is 0. The third kappa shape index (κ3) is 2.34. The van der Waals surface area contributed by atoms with Gasteiger partial charge in [0, 0.05) is 18.8 Å². The van der Waals surface area contributed by atoms with Crippen molar-refractivity contribution < 1.29 is 0 Å². The molecule has 1 fully saturated rings. The molecule has 2 heterocycles. The Morgan fingerprint density at radius 1 is 1.23 bits per heavy atom. The van der Waals surface area contributed by atoms with Crippen molar-refractivity contribution in [2.24, 2.45) is 0 Å². The predicted molar refractivity (Wildman–Crippen MR) is 58.8 cm³/mol. The van der Waals surface area contributed by atoms with Gasteiger partial charge in [0.2, 0.25) is 5.13 Å². The molecule has 0 saturated carbocycles. The SMILES string of the molecule is Cc1nnc(N2CCCSCC2)s1. The van der Waals surface area contributed by atoms with Crippen LogP contribution in [0, 0.1) is 6.92 Å². The fraction of sp³-hybridized carbons (Fsp3) is 0.750. The summed E-state index contributed by atoms with van der Waals surface area (Å²) >= 11 is 3.73. The van der Waals surface area contributed by atoms with Crippen LogP contribution in [0.4, 0.5) is 5.13 Å². The third-order valence-electron chi connectivity index (χ3n) is 2.01. The van der Waals surface area contributed by atoms with E-state index in [-0.39, 0.29) is 0 Å². The van der Waals surface area contributed by atoms with Gasteiger partial charge in [0.15, 0.2) is 0 Å². The van der Waals surface area contributed by atoms with Gasteiger partial charge in [-0.05, 0) is 19.1 Å². The molecule has 0 bridgehead atoms. The fourth-order valence-corrected chi connectivity index (χ4v) is 2.98. The summed E-state index contributed by atoms with van der Waals surface area (Å²) in [5, 5.41) is 10.4. The van der Waals surface area contributed by atoms with Crippen molar-refractivity contribution in [1.82, 2.24) is 10.2 Å². The van der Waals surface area contributed by atoms with Crippen LogP contribution in [0.2, 0.25) is 0 Å². The van der Waals surface area contributed by atoms with E-state index in [1.807, 2.05) is 18.7 Å². The Morgan fingerprint density at radius 2 is 2.15 bits per heavy atom. The molecule has 0 amide bonds. The molecule has 3 nitrogen and oxygen atoms in total. The van der Waals surface area contributed by atoms with Crippen molar-refractivity contribution in [2.45, 2.75) is 13.3 Å². The molecule has 72 valence electrons. The van der Waals surface area contributed by atoms with Gasteiger partial charge in [0.05, 0.1) is 0 Å². The summed E-state index contributed by atoms with van der Waals surface area (Å²) in [5.41, 5.74) is 0. The normalized spacial score (nSPS) is 18.7. The number of aryl methyl sites for hydroxylation is 1. The molecule has 0 unspecified atom stereocenters. The van der Waals surface area contributed by atoms with Crippen molar-refractivity contribution in [3.8, 4) is 0 Å². The lowest BCUT2D eigenvalue weighted by atomic mass is 10.4. The lowest BCUT2D eigenvalue weighted by Gasteiger charge is -2.17. The average Bonchev–Trinajstić information content (AvgIpc) is 2.43. The minimum atomic E-state index is 1.06. The number of aromatic nitrogens is 2. The smallest absolute Gasteiger partial charge is 0.208 e. The zero-order valence-corrected chi connectivity index (χ0v) is 9.33. The van der Waals surface area contributed by atoms with Gasteiger partial charge in [-0.1, -0.05) is 11.3 Å². The second-order valence-electron chi connectivity index (χ2n) is 3.06. The standard InChI is InChI=1S/C8H13N3S2/c1-7-9-10-8(13-7)11-3-2-5-12-6-4-11/h2-6H2,1H3. The molecular formula is C8H13N3S2. The van der Waals surface area contributed by atoms with Crippen LogP contribution in [0.3, 0.4) is 0 Å². The summed E-state index contributed by atoms with van der Waals surface area (Å²) in [6, 6.07) is 0. The Morgan fingerprint density at radius 3 is 2.92 bits per heavy atom. The minimum Gasteiger partial charge on any atom is -0.346 e. The molecule has 0 radical (unpaired) electrons. The van der Waals surface area contributed by atoms with Gasteiger partial charge < -0.3 is 4.90 Å². The molecule has 0 aliphatic carbocycles. The molecule has 1 saturated heterocycles. The van der Waals surface area contributed by atoms with E-state index in [1.165, 1.54) is 17.9 Å². The highest BCUT2D eigenvalue weighted by Gasteiger charge is 2.13. The van der Waals surface area contributed by atoms with Crippen LogP contribution < -0.4 is 4.90 Å². The summed E-state index contributed by atoms with van der Waals surface area (Å²) in [5.74, 6) is 2.51. The highest BCUT2D eigenvalue weighted by molar-refractivity contribution is 7.99. The first kappa shape index (κ1) is 9.27. The van der Waals surface area contributed by atoms with Gasteiger partial charge in [0.25, 0.3) is 0 Å². The molecule has 0 aromatic carbocycles. The Bertz CT molecular complexity index is 266. The topological polar surface area (TPSA) is 29.0 Å². The lowest BCUT2D eigenvalue weighted by molar-refractivity contribution is 0.802. The summed E-state index contributed by atoms with van der Waals surface area (Å²) in [6.07, 6.45) is 1.27. The van der Waals surface area contributed by atoms with Crippen molar-refractivity contribution in [1.29, 1.82) is 0 Å². The Balaban J connectivity index is 2.06. The van der Waals surface area contributed by atoms with Crippen molar-refractivity contribution in [3.05, 3.63) is 5.01 Å². The summed E-state index contributed by atoms with van der Waals surface area (Å²) < 4.78 is 0. The first-order chi connectivity index (χ1) is 6.36. The van der Waals surface area contributed by atoms with E-state index in [0.717, 1.165) is 23.2 Å². The number of anilines is 1. The quantitative estimate of drug-likeness (QED) is 0.714. The number of hydrogen-bond donors (Lipinski definition) is 0. The van der Waals surface area contributed by atoms with Gasteiger partial charge in [-0.25, -0.2) is 0 Å². The van der Waals surface area contributed by atoms with E-state index >= 15 is 0 Å². The van der Waals surface area contributed by atoms with Gasteiger partial charge in [-0.2, -0.15) is 11.8 Å². The van der Waals surface area contributed by atoms with E-state index in [4.69, 9.17) is 0 Å². The molecule has 2 rings (SSSR count). The van der Waals surface area contributed by atoms with E-state index in [9.17, 15) is 0 Å². The average molecular weight is 215 g/mol. The maximum Gasteiger partial charge on any atom is 0.208 e. The Labute approximate surface area is 86.5 Å². The largest absolute Gasteiger partial charge is 0.346 e. The van der Waals surface area contributed by atoms with Crippen molar-refractivity contribution in [2.75, 3.05) is 29.5 Å². The molecule has 0 atom stereocenters. The molecule has 0 N–H and O–H groups in total. The minimum absolute atomic E-state index is 1.06. The second kappa shape index (κ2) is 4.28. The van der Waals surface area contributed by atoms with Crippen LogP contribution in [0.15, 0.2) is 0 Å². The predicted octanol–water partition coefficient (Wildman–Crippen LogP) is 1.79. The number of rotatable bonds is 1. The first-order valence-electron chi connectivity index (χ1n) is 4.49. The monoisotopic (exact) mass is 215 g/mol. The maximum atomic E-state index is 4.17. The highest BCUT2D eigenvalue weighted by Crippen LogP contribution is 2.22. The zero-order valence-electron chi connectivity index (χ0n) is 7.69. The van der Waals surface area contributed by atoms with Crippen molar-refractivity contribution >= 4 is 28.2 Å². The van der Waals surface area contributed by atoms with Crippen LogP contribution in [-0.4, -0.2) is 34.8 Å². The van der Waals surface area contributed by atoms with Crippen LogP contribution >= 0.6 is 23.1 Å². The molecule has 1 aromatic rings. The molecule has 1 aliphatic rings. The number of hydrogen-bond acceptors (Lipinski definition) is 5. The molecule has 13 heavy (non-hydrogen) atoms. The first-order valence-corrected chi connectivity index (χ1v) is 6.46. The third-order valence-corrected chi connectivity index (χ3v) is 3.96. The summed E-state index contributed by atoms with van der Waals surface area (Å²) in [4.78, 5) is 2.35. The van der Waals surface area contributed by atoms with Crippen LogP contribution in [0.5, 0.6) is 0 Å². The van der Waals surface area contributed by atoms with Gasteiger partial charge in [-0.15, -0.1) is 10.2 Å². The zero-order chi connectivity index (χ0) is 9.10. The Hall–Kier alpha value is -0.290. The van der Waals surface area contributed by atoms with E-state index < -0.39 is 0 Å². The molecule has 1 aliphatic heterocycles. The maximum absolute atomic E-state index is 4.17. The number of thioether (sulfide) groups is 1. The number of nitrogens with zero attached hydrogens (tertiary/aromatic N) is 3. The van der Waals surface area contributed by atoms with Gasteiger partial charge in [-0.3, -0.25) is 0 Å². The highest BCUT2D eigenvalue weighted by atomic mass is 32.2. The van der Waals surface area contributed by atoms with Gasteiger partial charge >= 0.3 is 0 Å². The van der Waals surface area contributed by atoms with Crippen LogP contribution in [-0.2, 0) is 0 Å². The van der Waals surface area contributed by atoms with Crippen molar-refractivity contribution in [3.63, 3.8) is 0 Å². The Kier molecular flexibility index (Phi) is 3.05. The van der Waals surface area contributed by atoms with E-state index in [2.05, 4.69) is 15.1 Å². The molecule has 5 heteroatoms. The fourth-order valence-electron chi connectivity index (χ4n) is 1.35.